The SMILES string of the molecule is CSCCC(NC(=O)C(Cc1c[nH]c2ccccc12)NC(=O)C(N)CCCCN)C(=O)NC(CCCN=C(N)N)C(=O)O. The van der Waals surface area contributed by atoms with Crippen molar-refractivity contribution in [2.24, 2.45) is 27.9 Å². The van der Waals surface area contributed by atoms with E-state index in [1.807, 2.05) is 30.5 Å². The molecule has 0 fully saturated rings. The summed E-state index contributed by atoms with van der Waals surface area (Å²) in [6.45, 7) is 0.691. The largest absolute Gasteiger partial charge is 0.480 e. The van der Waals surface area contributed by atoms with Crippen molar-refractivity contribution in [3.8, 4) is 0 Å². The topological polar surface area (TPSA) is 257 Å². The Labute approximate surface area is 255 Å². The van der Waals surface area contributed by atoms with Crippen LogP contribution in [-0.4, -0.2) is 89.0 Å². The number of nitrogens with two attached hydrogens (primary N) is 4. The first-order valence-corrected chi connectivity index (χ1v) is 15.7. The number of carbonyl (C=O) groups excluding carboxylic acids is 3. The Morgan fingerprint density at radius 1 is 0.930 bits per heavy atom. The monoisotopic (exact) mass is 619 g/mol. The van der Waals surface area contributed by atoms with Gasteiger partial charge < -0.3 is 49.0 Å². The molecular formula is C28H45N9O5S. The van der Waals surface area contributed by atoms with Crippen LogP contribution >= 0.6 is 11.8 Å². The van der Waals surface area contributed by atoms with Gasteiger partial charge in [-0.15, -0.1) is 0 Å². The van der Waals surface area contributed by atoms with Crippen LogP contribution in [0.2, 0.25) is 0 Å². The highest BCUT2D eigenvalue weighted by Gasteiger charge is 2.30. The van der Waals surface area contributed by atoms with Gasteiger partial charge >= 0.3 is 5.97 Å². The predicted molar refractivity (Wildman–Crippen MR) is 169 cm³/mol. The molecule has 0 saturated carbocycles. The van der Waals surface area contributed by atoms with E-state index in [1.165, 1.54) is 11.8 Å². The maximum Gasteiger partial charge on any atom is 0.326 e. The summed E-state index contributed by atoms with van der Waals surface area (Å²) in [5.74, 6) is -2.54. The van der Waals surface area contributed by atoms with Crippen LogP contribution in [0.1, 0.15) is 44.1 Å². The van der Waals surface area contributed by atoms with Crippen molar-refractivity contribution in [2.45, 2.75) is 69.1 Å². The zero-order valence-corrected chi connectivity index (χ0v) is 25.3. The van der Waals surface area contributed by atoms with Crippen LogP contribution in [0.25, 0.3) is 10.9 Å². The van der Waals surface area contributed by atoms with Gasteiger partial charge in [-0.2, -0.15) is 11.8 Å². The van der Waals surface area contributed by atoms with Crippen molar-refractivity contribution in [2.75, 3.05) is 25.1 Å². The molecule has 14 nitrogen and oxygen atoms in total. The lowest BCUT2D eigenvalue weighted by Crippen LogP contribution is -2.57. The lowest BCUT2D eigenvalue weighted by molar-refractivity contribution is -0.142. The number of aromatic nitrogens is 1. The van der Waals surface area contributed by atoms with Crippen LogP contribution < -0.4 is 38.9 Å². The van der Waals surface area contributed by atoms with Crippen LogP contribution in [0, 0.1) is 0 Å². The number of aliphatic imine (C=N–C) groups is 1. The Balaban J connectivity index is 2.22. The molecule has 1 heterocycles. The molecule has 4 unspecified atom stereocenters. The van der Waals surface area contributed by atoms with Gasteiger partial charge in [-0.05, 0) is 62.3 Å². The molecule has 1 aromatic heterocycles. The first-order valence-electron chi connectivity index (χ1n) is 14.3. The molecule has 43 heavy (non-hydrogen) atoms. The number of thioether (sulfide) groups is 1. The summed E-state index contributed by atoms with van der Waals surface area (Å²) in [4.78, 5) is 58.7. The third-order valence-electron chi connectivity index (χ3n) is 6.84. The van der Waals surface area contributed by atoms with Gasteiger partial charge in [0.25, 0.3) is 0 Å². The number of hydrogen-bond acceptors (Lipinski definition) is 8. The molecule has 0 aliphatic heterocycles. The van der Waals surface area contributed by atoms with Gasteiger partial charge in [0.1, 0.15) is 18.1 Å². The fraction of sp³-hybridized carbons (Fsp3) is 0.536. The normalized spacial score (nSPS) is 13.8. The summed E-state index contributed by atoms with van der Waals surface area (Å²) in [5, 5.41) is 18.6. The fourth-order valence-corrected chi connectivity index (χ4v) is 4.93. The molecule has 1 aromatic carbocycles. The lowest BCUT2D eigenvalue weighted by Gasteiger charge is -2.25. The smallest absolute Gasteiger partial charge is 0.326 e. The number of aromatic amines is 1. The molecule has 2 aromatic rings. The number of unbranched alkanes of at least 4 members (excludes halogenated alkanes) is 1. The molecule has 2 rings (SSSR count). The van der Waals surface area contributed by atoms with E-state index in [2.05, 4.69) is 25.9 Å². The van der Waals surface area contributed by atoms with E-state index in [1.54, 1.807) is 6.20 Å². The van der Waals surface area contributed by atoms with Gasteiger partial charge in [-0.25, -0.2) is 4.79 Å². The van der Waals surface area contributed by atoms with E-state index in [4.69, 9.17) is 22.9 Å². The zero-order valence-electron chi connectivity index (χ0n) is 24.5. The number of para-hydroxylation sites is 1. The van der Waals surface area contributed by atoms with E-state index >= 15 is 0 Å². The Hall–Kier alpha value is -3.82. The van der Waals surface area contributed by atoms with Crippen molar-refractivity contribution in [1.82, 2.24) is 20.9 Å². The Morgan fingerprint density at radius 2 is 1.60 bits per heavy atom. The van der Waals surface area contributed by atoms with Gasteiger partial charge in [0.05, 0.1) is 6.04 Å². The fourth-order valence-electron chi connectivity index (χ4n) is 4.46. The number of rotatable bonds is 20. The van der Waals surface area contributed by atoms with Crippen LogP contribution in [0.4, 0.5) is 0 Å². The number of hydrogen-bond donors (Lipinski definition) is 9. The third-order valence-corrected chi connectivity index (χ3v) is 7.49. The minimum Gasteiger partial charge on any atom is -0.480 e. The number of carboxylic acids is 1. The number of carbonyl (C=O) groups is 4. The minimum atomic E-state index is -1.22. The van der Waals surface area contributed by atoms with Crippen LogP contribution in [0.15, 0.2) is 35.5 Å². The molecule has 0 spiro atoms. The van der Waals surface area contributed by atoms with Gasteiger partial charge in [0.15, 0.2) is 5.96 Å². The standard InChI is InChI=1S/C28H45N9O5S/c1-43-14-11-21(25(39)36-22(27(41)42)10-6-13-33-28(31)32)35-26(40)23(37-24(38)19(30)8-4-5-12-29)15-17-16-34-20-9-3-2-7-18(17)20/h2-3,7,9,16,19,21-23,34H,4-6,8,10-15,29-30H2,1H3,(H,35,40)(H,36,39)(H,37,38)(H,41,42)(H4,31,32,33). The zero-order chi connectivity index (χ0) is 31.8. The summed E-state index contributed by atoms with van der Waals surface area (Å²) >= 11 is 1.47. The van der Waals surface area contributed by atoms with Crippen molar-refractivity contribution in [3.05, 3.63) is 36.0 Å². The number of fused-ring (bicyclic) bond motifs is 1. The molecule has 0 bridgehead atoms. The van der Waals surface area contributed by atoms with Crippen molar-refractivity contribution in [1.29, 1.82) is 0 Å². The highest BCUT2D eigenvalue weighted by Crippen LogP contribution is 2.19. The number of nitrogens with one attached hydrogen (secondary N) is 4. The molecule has 15 heteroatoms. The second kappa shape index (κ2) is 18.7. The molecule has 3 amide bonds. The maximum atomic E-state index is 13.7. The summed E-state index contributed by atoms with van der Waals surface area (Å²) in [5.41, 5.74) is 23.9. The van der Waals surface area contributed by atoms with E-state index in [9.17, 15) is 24.3 Å². The number of guanidine groups is 1. The van der Waals surface area contributed by atoms with Crippen molar-refractivity contribution >= 4 is 52.3 Å². The Morgan fingerprint density at radius 3 is 2.28 bits per heavy atom. The predicted octanol–water partition coefficient (Wildman–Crippen LogP) is -0.488. The quantitative estimate of drug-likeness (QED) is 0.0522. The second-order valence-electron chi connectivity index (χ2n) is 10.2. The highest BCUT2D eigenvalue weighted by molar-refractivity contribution is 7.98. The number of H-pyrrole nitrogens is 1. The van der Waals surface area contributed by atoms with Crippen LogP contribution in [0.5, 0.6) is 0 Å². The van der Waals surface area contributed by atoms with Crippen LogP contribution in [-0.2, 0) is 25.6 Å². The van der Waals surface area contributed by atoms with Crippen molar-refractivity contribution < 1.29 is 24.3 Å². The average Bonchev–Trinajstić information content (AvgIpc) is 3.38. The van der Waals surface area contributed by atoms with E-state index in [0.717, 1.165) is 22.9 Å². The third kappa shape index (κ3) is 12.1. The number of benzene rings is 1. The number of carboxylic acid groups (broad SMARTS) is 1. The minimum absolute atomic E-state index is 0.0857. The molecule has 0 saturated heterocycles. The van der Waals surface area contributed by atoms with E-state index < -0.39 is 47.9 Å². The summed E-state index contributed by atoms with van der Waals surface area (Å²) in [6, 6.07) is 3.43. The van der Waals surface area contributed by atoms with E-state index in [0.29, 0.717) is 31.6 Å². The number of nitrogens with zero attached hydrogens (tertiary/aromatic N) is 1. The summed E-state index contributed by atoms with van der Waals surface area (Å²) in [6.07, 6.45) is 6.20. The van der Waals surface area contributed by atoms with Gasteiger partial charge in [0, 0.05) is 30.1 Å². The molecule has 238 valence electrons. The molecule has 0 radical (unpaired) electrons. The molecule has 0 aliphatic carbocycles. The molecular weight excluding hydrogens is 574 g/mol. The second-order valence-corrected chi connectivity index (χ2v) is 11.2. The number of amides is 3. The van der Waals surface area contributed by atoms with Crippen molar-refractivity contribution in [3.63, 3.8) is 0 Å². The molecule has 13 N–H and O–H groups in total. The van der Waals surface area contributed by atoms with Gasteiger partial charge in [-0.1, -0.05) is 24.6 Å². The Bertz CT molecular complexity index is 1230. The van der Waals surface area contributed by atoms with Gasteiger partial charge in [0.2, 0.25) is 17.7 Å². The molecule has 0 aliphatic rings. The summed E-state index contributed by atoms with van der Waals surface area (Å²) in [7, 11) is 0. The van der Waals surface area contributed by atoms with Gasteiger partial charge in [-0.3, -0.25) is 19.4 Å². The first-order chi connectivity index (χ1) is 20.6. The average molecular weight is 620 g/mol. The lowest BCUT2D eigenvalue weighted by atomic mass is 10.0. The maximum absolute atomic E-state index is 13.7. The first kappa shape index (κ1) is 35.4. The summed E-state index contributed by atoms with van der Waals surface area (Å²) < 4.78 is 0. The molecule has 4 atom stereocenters. The van der Waals surface area contributed by atoms with E-state index in [-0.39, 0.29) is 31.8 Å². The van der Waals surface area contributed by atoms with Crippen LogP contribution in [0.3, 0.4) is 0 Å². The highest BCUT2D eigenvalue weighted by atomic mass is 32.2. The Kier molecular flexibility index (Phi) is 15.4. The number of aliphatic carboxylic acids is 1.